The number of rotatable bonds is 14. The predicted molar refractivity (Wildman–Crippen MR) is 116 cm³/mol. The molecule has 0 aliphatic rings. The summed E-state index contributed by atoms with van der Waals surface area (Å²) in [6, 6.07) is 5.63. The highest BCUT2D eigenvalue weighted by atomic mass is 32.2. The second-order valence-corrected chi connectivity index (χ2v) is 8.17. The number of fused-ring (bicyclic) bond motifs is 1. The summed E-state index contributed by atoms with van der Waals surface area (Å²) in [5.41, 5.74) is -0.0110. The normalized spacial score (nSPS) is 11.1. The maximum atomic E-state index is 13.7. The minimum atomic E-state index is -0.883. The predicted octanol–water partition coefficient (Wildman–Crippen LogP) is 7.00. The monoisotopic (exact) mass is 406 g/mol. The van der Waals surface area contributed by atoms with Gasteiger partial charge in [-0.05, 0) is 31.6 Å². The second-order valence-electron chi connectivity index (χ2n) is 7.03. The number of hydrogen-bond donors (Lipinski definition) is 0. The molecule has 0 amide bonds. The van der Waals surface area contributed by atoms with Gasteiger partial charge in [0.2, 0.25) is 5.82 Å². The first-order valence-corrected chi connectivity index (χ1v) is 11.2. The summed E-state index contributed by atoms with van der Waals surface area (Å²) < 4.78 is 24.1. The van der Waals surface area contributed by atoms with Crippen molar-refractivity contribution in [2.45, 2.75) is 69.6 Å². The van der Waals surface area contributed by atoms with Crippen molar-refractivity contribution in [2.24, 2.45) is 0 Å². The molecule has 0 saturated carbocycles. The standard InChI is InChI=1S/C23H31FO3S/c1-3-26-16-11-9-7-5-4-6-8-10-12-17-28-20-15-13-14-19-18(2)21(24)23(25)27-22(19)20/h3,13-15H,1,4-12,16-17H2,2H3. The molecule has 5 heteroatoms. The van der Waals surface area contributed by atoms with Crippen molar-refractivity contribution >= 4 is 22.7 Å². The maximum absolute atomic E-state index is 13.7. The molecule has 0 aliphatic heterocycles. The Morgan fingerprint density at radius 2 is 1.71 bits per heavy atom. The van der Waals surface area contributed by atoms with Gasteiger partial charge >= 0.3 is 5.63 Å². The van der Waals surface area contributed by atoms with Crippen LogP contribution in [-0.4, -0.2) is 12.4 Å². The maximum Gasteiger partial charge on any atom is 0.372 e. The van der Waals surface area contributed by atoms with E-state index in [1.54, 1.807) is 24.8 Å². The first-order chi connectivity index (χ1) is 13.6. The van der Waals surface area contributed by atoms with Gasteiger partial charge in [-0.1, -0.05) is 63.7 Å². The fourth-order valence-corrected chi connectivity index (χ4v) is 4.26. The minimum absolute atomic E-state index is 0.363. The van der Waals surface area contributed by atoms with Gasteiger partial charge in [0.05, 0.1) is 17.8 Å². The SMILES string of the molecule is C=COCCCCCCCCCCCSc1cccc2c(C)c(F)c(=O)oc12. The van der Waals surface area contributed by atoms with Crippen LogP contribution in [0.2, 0.25) is 0 Å². The van der Waals surface area contributed by atoms with Crippen LogP contribution in [0, 0.1) is 12.7 Å². The zero-order valence-corrected chi connectivity index (χ0v) is 17.6. The molecular formula is C23H31FO3S. The molecule has 1 aromatic heterocycles. The molecule has 28 heavy (non-hydrogen) atoms. The Labute approximate surface area is 171 Å². The number of halogens is 1. The molecule has 0 bridgehead atoms. The number of hydrogen-bond acceptors (Lipinski definition) is 4. The lowest BCUT2D eigenvalue weighted by Crippen LogP contribution is -2.07. The van der Waals surface area contributed by atoms with Crippen LogP contribution in [0.25, 0.3) is 11.0 Å². The molecule has 1 heterocycles. The van der Waals surface area contributed by atoms with Crippen LogP contribution in [0.3, 0.4) is 0 Å². The van der Waals surface area contributed by atoms with Gasteiger partial charge < -0.3 is 9.15 Å². The number of thioether (sulfide) groups is 1. The van der Waals surface area contributed by atoms with E-state index in [9.17, 15) is 9.18 Å². The fourth-order valence-electron chi connectivity index (χ4n) is 3.23. The van der Waals surface area contributed by atoms with Gasteiger partial charge in [-0.3, -0.25) is 0 Å². The largest absolute Gasteiger partial charge is 0.502 e. The van der Waals surface area contributed by atoms with E-state index < -0.39 is 11.4 Å². The minimum Gasteiger partial charge on any atom is -0.502 e. The summed E-state index contributed by atoms with van der Waals surface area (Å²) in [4.78, 5) is 12.5. The van der Waals surface area contributed by atoms with E-state index >= 15 is 0 Å². The van der Waals surface area contributed by atoms with Gasteiger partial charge in [-0.25, -0.2) is 4.79 Å². The van der Waals surface area contributed by atoms with E-state index in [4.69, 9.17) is 9.15 Å². The lowest BCUT2D eigenvalue weighted by Gasteiger charge is -2.07. The summed E-state index contributed by atoms with van der Waals surface area (Å²) in [6.07, 6.45) is 12.6. The van der Waals surface area contributed by atoms with Crippen LogP contribution < -0.4 is 5.63 Å². The van der Waals surface area contributed by atoms with Gasteiger partial charge in [-0.2, -0.15) is 4.39 Å². The Morgan fingerprint density at radius 3 is 2.39 bits per heavy atom. The smallest absolute Gasteiger partial charge is 0.372 e. The van der Waals surface area contributed by atoms with Gasteiger partial charge in [0, 0.05) is 10.9 Å². The number of aryl methyl sites for hydroxylation is 1. The van der Waals surface area contributed by atoms with E-state index in [1.165, 1.54) is 51.2 Å². The molecule has 3 nitrogen and oxygen atoms in total. The Bertz CT molecular complexity index is 800. The molecule has 154 valence electrons. The van der Waals surface area contributed by atoms with Crippen LogP contribution >= 0.6 is 11.8 Å². The first-order valence-electron chi connectivity index (χ1n) is 10.2. The van der Waals surface area contributed by atoms with Crippen molar-refractivity contribution in [3.63, 3.8) is 0 Å². The van der Waals surface area contributed by atoms with Crippen molar-refractivity contribution in [1.29, 1.82) is 0 Å². The number of ether oxygens (including phenoxy) is 1. The quantitative estimate of drug-likeness (QED) is 0.146. The fraction of sp³-hybridized carbons (Fsp3) is 0.522. The molecule has 2 aromatic rings. The number of unbranched alkanes of at least 4 members (excludes halogenated alkanes) is 8. The van der Waals surface area contributed by atoms with Crippen LogP contribution in [0.5, 0.6) is 0 Å². The topological polar surface area (TPSA) is 39.4 Å². The average molecular weight is 407 g/mol. The number of para-hydroxylation sites is 1. The third kappa shape index (κ3) is 7.01. The molecule has 2 rings (SSSR count). The Kier molecular flexibility index (Phi) is 10.2. The second kappa shape index (κ2) is 12.7. The van der Waals surface area contributed by atoms with Gasteiger partial charge in [0.25, 0.3) is 0 Å². The van der Waals surface area contributed by atoms with E-state index in [0.29, 0.717) is 16.5 Å². The highest BCUT2D eigenvalue weighted by Crippen LogP contribution is 2.30. The average Bonchev–Trinajstić information content (AvgIpc) is 2.70. The van der Waals surface area contributed by atoms with E-state index in [-0.39, 0.29) is 0 Å². The summed E-state index contributed by atoms with van der Waals surface area (Å²) in [6.45, 7) is 5.95. The van der Waals surface area contributed by atoms with Crippen molar-refractivity contribution in [2.75, 3.05) is 12.4 Å². The third-order valence-electron chi connectivity index (χ3n) is 4.87. The zero-order valence-electron chi connectivity index (χ0n) is 16.8. The molecule has 0 radical (unpaired) electrons. The summed E-state index contributed by atoms with van der Waals surface area (Å²) in [7, 11) is 0. The van der Waals surface area contributed by atoms with Gasteiger partial charge in [-0.15, -0.1) is 11.8 Å². The van der Waals surface area contributed by atoms with E-state index in [0.717, 1.165) is 30.1 Å². The van der Waals surface area contributed by atoms with Crippen LogP contribution in [0.1, 0.15) is 63.4 Å². The lowest BCUT2D eigenvalue weighted by atomic mass is 10.1. The number of benzene rings is 1. The Morgan fingerprint density at radius 1 is 1.07 bits per heavy atom. The van der Waals surface area contributed by atoms with Crippen molar-refractivity contribution in [3.8, 4) is 0 Å². The lowest BCUT2D eigenvalue weighted by molar-refractivity contribution is 0.241. The van der Waals surface area contributed by atoms with Crippen LogP contribution in [0.15, 0.2) is 45.1 Å². The van der Waals surface area contributed by atoms with Crippen LogP contribution in [0.4, 0.5) is 4.39 Å². The highest BCUT2D eigenvalue weighted by molar-refractivity contribution is 7.99. The highest BCUT2D eigenvalue weighted by Gasteiger charge is 2.13. The molecule has 0 N–H and O–H groups in total. The molecule has 0 atom stereocenters. The van der Waals surface area contributed by atoms with E-state index in [1.807, 2.05) is 12.1 Å². The van der Waals surface area contributed by atoms with E-state index in [2.05, 4.69) is 6.58 Å². The van der Waals surface area contributed by atoms with Crippen molar-refractivity contribution in [3.05, 3.63) is 52.8 Å². The zero-order chi connectivity index (χ0) is 20.2. The third-order valence-corrected chi connectivity index (χ3v) is 5.99. The van der Waals surface area contributed by atoms with Crippen LogP contribution in [-0.2, 0) is 4.74 Å². The van der Waals surface area contributed by atoms with Gasteiger partial charge in [0.1, 0.15) is 0 Å². The Hall–Kier alpha value is -1.75. The molecule has 0 aliphatic carbocycles. The summed E-state index contributed by atoms with van der Waals surface area (Å²) in [5, 5.41) is 0.679. The summed E-state index contributed by atoms with van der Waals surface area (Å²) >= 11 is 1.68. The molecule has 1 aromatic carbocycles. The molecule has 0 fully saturated rings. The molecule has 0 saturated heterocycles. The molecular weight excluding hydrogens is 375 g/mol. The van der Waals surface area contributed by atoms with Crippen molar-refractivity contribution < 1.29 is 13.5 Å². The molecule has 0 unspecified atom stereocenters. The first kappa shape index (κ1) is 22.5. The van der Waals surface area contributed by atoms with Gasteiger partial charge in [0.15, 0.2) is 5.58 Å². The van der Waals surface area contributed by atoms with Crippen molar-refractivity contribution in [1.82, 2.24) is 0 Å². The Balaban J connectivity index is 1.62. The molecule has 0 spiro atoms. The summed E-state index contributed by atoms with van der Waals surface area (Å²) in [5.74, 6) is 0.183.